The number of ether oxygens (including phenoxy) is 2. The SMILES string of the molecule is CN=C(NCCCOC(C)c1ccccc1)NCc1cccc(OCCN(C)C)c1.I. The minimum Gasteiger partial charge on any atom is -0.492 e. The molecular formula is C24H37IN4O2. The summed E-state index contributed by atoms with van der Waals surface area (Å²) >= 11 is 0. The number of nitrogens with zero attached hydrogens (tertiary/aromatic N) is 2. The van der Waals surface area contributed by atoms with E-state index in [1.165, 1.54) is 5.56 Å². The summed E-state index contributed by atoms with van der Waals surface area (Å²) in [5.74, 6) is 1.67. The van der Waals surface area contributed by atoms with Gasteiger partial charge in [0, 0.05) is 33.3 Å². The van der Waals surface area contributed by atoms with Crippen molar-refractivity contribution < 1.29 is 9.47 Å². The molecule has 2 N–H and O–H groups in total. The summed E-state index contributed by atoms with van der Waals surface area (Å²) in [7, 11) is 5.86. The van der Waals surface area contributed by atoms with Crippen LogP contribution in [0.2, 0.25) is 0 Å². The van der Waals surface area contributed by atoms with Crippen LogP contribution in [-0.4, -0.2) is 58.3 Å². The number of rotatable bonds is 12. The van der Waals surface area contributed by atoms with Crippen molar-refractivity contribution in [2.45, 2.75) is 26.0 Å². The van der Waals surface area contributed by atoms with E-state index in [-0.39, 0.29) is 30.1 Å². The van der Waals surface area contributed by atoms with E-state index in [9.17, 15) is 0 Å². The molecule has 31 heavy (non-hydrogen) atoms. The Morgan fingerprint density at radius 3 is 2.52 bits per heavy atom. The molecule has 0 radical (unpaired) electrons. The fourth-order valence-electron chi connectivity index (χ4n) is 2.86. The van der Waals surface area contributed by atoms with Crippen LogP contribution in [0.25, 0.3) is 0 Å². The summed E-state index contributed by atoms with van der Waals surface area (Å²) in [6.45, 7) is 5.85. The van der Waals surface area contributed by atoms with Crippen molar-refractivity contribution in [1.29, 1.82) is 0 Å². The third kappa shape index (κ3) is 11.4. The van der Waals surface area contributed by atoms with Crippen LogP contribution in [0.3, 0.4) is 0 Å². The topological polar surface area (TPSA) is 58.1 Å². The maximum absolute atomic E-state index is 5.92. The first-order chi connectivity index (χ1) is 14.6. The lowest BCUT2D eigenvalue weighted by atomic mass is 10.1. The van der Waals surface area contributed by atoms with E-state index in [4.69, 9.17) is 9.47 Å². The minimum absolute atomic E-state index is 0. The summed E-state index contributed by atoms with van der Waals surface area (Å²) in [5.41, 5.74) is 2.36. The highest BCUT2D eigenvalue weighted by molar-refractivity contribution is 14.0. The highest BCUT2D eigenvalue weighted by Crippen LogP contribution is 2.16. The summed E-state index contributed by atoms with van der Waals surface area (Å²) in [5, 5.41) is 6.68. The highest BCUT2D eigenvalue weighted by Gasteiger charge is 2.05. The molecule has 1 unspecified atom stereocenters. The van der Waals surface area contributed by atoms with Crippen LogP contribution in [0.15, 0.2) is 59.6 Å². The molecule has 6 nitrogen and oxygen atoms in total. The lowest BCUT2D eigenvalue weighted by Gasteiger charge is -2.15. The number of guanidine groups is 1. The average Bonchev–Trinajstić information content (AvgIpc) is 2.76. The van der Waals surface area contributed by atoms with Crippen molar-refractivity contribution in [3.05, 3.63) is 65.7 Å². The van der Waals surface area contributed by atoms with Gasteiger partial charge in [0.25, 0.3) is 0 Å². The summed E-state index contributed by atoms with van der Waals surface area (Å²) in [4.78, 5) is 6.40. The maximum Gasteiger partial charge on any atom is 0.191 e. The van der Waals surface area contributed by atoms with Gasteiger partial charge in [-0.2, -0.15) is 0 Å². The van der Waals surface area contributed by atoms with E-state index in [1.807, 2.05) is 44.4 Å². The minimum atomic E-state index is 0. The van der Waals surface area contributed by atoms with Crippen LogP contribution in [0.5, 0.6) is 5.75 Å². The van der Waals surface area contributed by atoms with E-state index in [1.54, 1.807) is 7.05 Å². The van der Waals surface area contributed by atoms with Crippen molar-refractivity contribution in [2.75, 3.05) is 47.4 Å². The van der Waals surface area contributed by atoms with Crippen LogP contribution in [0, 0.1) is 0 Å². The molecule has 0 spiro atoms. The smallest absolute Gasteiger partial charge is 0.191 e. The van der Waals surface area contributed by atoms with Gasteiger partial charge in [-0.25, -0.2) is 0 Å². The molecule has 0 heterocycles. The van der Waals surface area contributed by atoms with Crippen LogP contribution < -0.4 is 15.4 Å². The Morgan fingerprint density at radius 1 is 1.03 bits per heavy atom. The second-order valence-corrected chi connectivity index (χ2v) is 7.43. The van der Waals surface area contributed by atoms with Crippen molar-refractivity contribution in [3.63, 3.8) is 0 Å². The van der Waals surface area contributed by atoms with E-state index in [2.05, 4.69) is 51.7 Å². The zero-order chi connectivity index (χ0) is 21.6. The largest absolute Gasteiger partial charge is 0.492 e. The third-order valence-corrected chi connectivity index (χ3v) is 4.64. The number of halogens is 1. The first-order valence-electron chi connectivity index (χ1n) is 10.6. The molecule has 0 saturated heterocycles. The third-order valence-electron chi connectivity index (χ3n) is 4.64. The number of hydrogen-bond acceptors (Lipinski definition) is 4. The van der Waals surface area contributed by atoms with E-state index in [0.717, 1.165) is 36.8 Å². The van der Waals surface area contributed by atoms with Crippen LogP contribution in [0.1, 0.15) is 30.6 Å². The van der Waals surface area contributed by atoms with Gasteiger partial charge in [0.05, 0.1) is 6.10 Å². The molecule has 2 aromatic rings. The van der Waals surface area contributed by atoms with Crippen LogP contribution >= 0.6 is 24.0 Å². The predicted octanol–water partition coefficient (Wildman–Crippen LogP) is 4.08. The molecule has 0 saturated carbocycles. The molecular weight excluding hydrogens is 503 g/mol. The van der Waals surface area contributed by atoms with Gasteiger partial charge < -0.3 is 25.0 Å². The first-order valence-corrected chi connectivity index (χ1v) is 10.6. The Hall–Kier alpha value is -1.84. The molecule has 172 valence electrons. The standard InChI is InChI=1S/C24H36N4O2.HI/c1-20(22-11-6-5-7-12-22)29-16-9-14-26-24(25-2)27-19-21-10-8-13-23(18-21)30-17-15-28(3)4;/h5-8,10-13,18,20H,9,14-17,19H2,1-4H3,(H2,25,26,27);1H. The van der Waals surface area contributed by atoms with Gasteiger partial charge in [0.2, 0.25) is 0 Å². The van der Waals surface area contributed by atoms with Gasteiger partial charge in [0.1, 0.15) is 12.4 Å². The quantitative estimate of drug-likeness (QED) is 0.184. The lowest BCUT2D eigenvalue weighted by Crippen LogP contribution is -2.37. The predicted molar refractivity (Wildman–Crippen MR) is 140 cm³/mol. The summed E-state index contributed by atoms with van der Waals surface area (Å²) in [6.07, 6.45) is 1.02. The number of aliphatic imine (C=N–C) groups is 1. The fraction of sp³-hybridized carbons (Fsp3) is 0.458. The monoisotopic (exact) mass is 540 g/mol. The van der Waals surface area contributed by atoms with E-state index in [0.29, 0.717) is 19.8 Å². The first kappa shape index (κ1) is 27.2. The normalized spacial score (nSPS) is 12.2. The Bertz CT molecular complexity index is 756. The van der Waals surface area contributed by atoms with Gasteiger partial charge in [0.15, 0.2) is 5.96 Å². The second kappa shape index (κ2) is 15.9. The maximum atomic E-state index is 5.92. The molecule has 0 aromatic heterocycles. The molecule has 2 aromatic carbocycles. The van der Waals surface area contributed by atoms with Crippen molar-refractivity contribution in [1.82, 2.24) is 15.5 Å². The van der Waals surface area contributed by atoms with Gasteiger partial charge in [-0.1, -0.05) is 42.5 Å². The van der Waals surface area contributed by atoms with E-state index >= 15 is 0 Å². The highest BCUT2D eigenvalue weighted by atomic mass is 127. The molecule has 0 fully saturated rings. The Morgan fingerprint density at radius 2 is 1.81 bits per heavy atom. The molecule has 7 heteroatoms. The van der Waals surface area contributed by atoms with Crippen molar-refractivity contribution in [3.8, 4) is 5.75 Å². The second-order valence-electron chi connectivity index (χ2n) is 7.43. The van der Waals surface area contributed by atoms with E-state index < -0.39 is 0 Å². The Kier molecular flexibility index (Phi) is 13.9. The summed E-state index contributed by atoms with van der Waals surface area (Å²) < 4.78 is 11.7. The van der Waals surface area contributed by atoms with Gasteiger partial charge in [-0.3, -0.25) is 4.99 Å². The fourth-order valence-corrected chi connectivity index (χ4v) is 2.86. The Balaban J connectivity index is 0.00000480. The molecule has 2 rings (SSSR count). The molecule has 0 aliphatic carbocycles. The van der Waals surface area contributed by atoms with Crippen molar-refractivity contribution >= 4 is 29.9 Å². The van der Waals surface area contributed by atoms with Gasteiger partial charge in [-0.15, -0.1) is 24.0 Å². The number of nitrogens with one attached hydrogen (secondary N) is 2. The zero-order valence-corrected chi connectivity index (χ0v) is 21.5. The average molecular weight is 540 g/mol. The molecule has 0 aliphatic heterocycles. The summed E-state index contributed by atoms with van der Waals surface area (Å²) in [6, 6.07) is 18.4. The Labute approximate surface area is 204 Å². The number of hydrogen-bond donors (Lipinski definition) is 2. The van der Waals surface area contributed by atoms with Gasteiger partial charge in [-0.05, 0) is 50.7 Å². The van der Waals surface area contributed by atoms with Crippen LogP contribution in [-0.2, 0) is 11.3 Å². The molecule has 1 atom stereocenters. The number of likely N-dealkylation sites (N-methyl/N-ethyl adjacent to an activating group) is 1. The zero-order valence-electron chi connectivity index (χ0n) is 19.1. The lowest BCUT2D eigenvalue weighted by molar-refractivity contribution is 0.0646. The van der Waals surface area contributed by atoms with Gasteiger partial charge >= 0.3 is 0 Å². The molecule has 0 aliphatic rings. The van der Waals surface area contributed by atoms with Crippen molar-refractivity contribution in [2.24, 2.45) is 4.99 Å². The molecule has 0 amide bonds. The number of benzene rings is 2. The van der Waals surface area contributed by atoms with Crippen LogP contribution in [0.4, 0.5) is 0 Å². The molecule has 0 bridgehead atoms.